The first-order valence-corrected chi connectivity index (χ1v) is 6.34. The molecule has 0 unspecified atom stereocenters. The third kappa shape index (κ3) is 3.19. The normalized spacial score (nSPS) is 13.4. The zero-order valence-electron chi connectivity index (χ0n) is 9.30. The second-order valence-corrected chi connectivity index (χ2v) is 5.22. The van der Waals surface area contributed by atoms with Crippen LogP contribution in [0.1, 0.15) is 6.92 Å². The van der Waals surface area contributed by atoms with Gasteiger partial charge >= 0.3 is 0 Å². The van der Waals surface area contributed by atoms with Crippen molar-refractivity contribution in [3.63, 3.8) is 0 Å². The van der Waals surface area contributed by atoms with Crippen LogP contribution in [0.3, 0.4) is 0 Å². The molecule has 0 aromatic heterocycles. The van der Waals surface area contributed by atoms with E-state index < -0.39 is 10.0 Å². The Morgan fingerprint density at radius 2 is 2.06 bits per heavy atom. The van der Waals surface area contributed by atoms with Crippen molar-refractivity contribution in [2.75, 3.05) is 13.7 Å². The summed E-state index contributed by atoms with van der Waals surface area (Å²) in [6.45, 7) is 1.92. The number of nitrogens with two attached hydrogens (primary N) is 1. The molecule has 0 spiro atoms. The predicted molar refractivity (Wildman–Crippen MR) is 61.8 cm³/mol. The van der Waals surface area contributed by atoms with E-state index in [-0.39, 0.29) is 17.5 Å². The number of para-hydroxylation sites is 1. The van der Waals surface area contributed by atoms with Crippen molar-refractivity contribution in [3.05, 3.63) is 24.3 Å². The van der Waals surface area contributed by atoms with Crippen LogP contribution in [0.5, 0.6) is 5.75 Å². The van der Waals surface area contributed by atoms with Gasteiger partial charge in [-0.3, -0.25) is 0 Å². The van der Waals surface area contributed by atoms with E-state index in [9.17, 15) is 8.42 Å². The van der Waals surface area contributed by atoms with Crippen molar-refractivity contribution in [1.29, 1.82) is 0 Å². The molecule has 0 bridgehead atoms. The summed E-state index contributed by atoms with van der Waals surface area (Å²) in [4.78, 5) is 0.123. The fourth-order valence-corrected chi connectivity index (χ4v) is 2.47. The molecule has 0 radical (unpaired) electrons. The van der Waals surface area contributed by atoms with Gasteiger partial charge in [0.2, 0.25) is 10.0 Å². The number of sulfonamides is 1. The van der Waals surface area contributed by atoms with Crippen LogP contribution in [0.25, 0.3) is 0 Å². The highest BCUT2D eigenvalue weighted by molar-refractivity contribution is 7.89. The molecule has 0 aliphatic carbocycles. The first kappa shape index (κ1) is 13.0. The Bertz CT molecular complexity index is 443. The summed E-state index contributed by atoms with van der Waals surface area (Å²) in [5.74, 6) is 0.319. The molecule has 0 saturated heterocycles. The molecule has 1 atom stereocenters. The Labute approximate surface area is 95.7 Å². The highest BCUT2D eigenvalue weighted by Crippen LogP contribution is 2.22. The fraction of sp³-hybridized carbons (Fsp3) is 0.400. The lowest BCUT2D eigenvalue weighted by molar-refractivity contribution is 0.402. The lowest BCUT2D eigenvalue weighted by Gasteiger charge is -2.11. The van der Waals surface area contributed by atoms with E-state index in [4.69, 9.17) is 10.5 Å². The van der Waals surface area contributed by atoms with Crippen LogP contribution in [-0.2, 0) is 10.0 Å². The minimum absolute atomic E-state index is 0.123. The van der Waals surface area contributed by atoms with Crippen molar-refractivity contribution in [2.24, 2.45) is 5.73 Å². The quantitative estimate of drug-likeness (QED) is 0.781. The first-order valence-electron chi connectivity index (χ1n) is 4.85. The maximum atomic E-state index is 11.9. The Kier molecular flexibility index (Phi) is 4.28. The maximum Gasteiger partial charge on any atom is 0.244 e. The summed E-state index contributed by atoms with van der Waals surface area (Å²) < 4.78 is 31.1. The summed E-state index contributed by atoms with van der Waals surface area (Å²) in [6, 6.07) is 6.21. The summed E-state index contributed by atoms with van der Waals surface area (Å²) >= 11 is 0. The van der Waals surface area contributed by atoms with Gasteiger partial charge in [0.15, 0.2) is 0 Å². The molecule has 0 fully saturated rings. The van der Waals surface area contributed by atoms with E-state index in [1.54, 1.807) is 25.1 Å². The number of hydrogen-bond donors (Lipinski definition) is 2. The molecule has 0 saturated carbocycles. The third-order valence-electron chi connectivity index (χ3n) is 1.95. The molecular weight excluding hydrogens is 228 g/mol. The monoisotopic (exact) mass is 244 g/mol. The van der Waals surface area contributed by atoms with Crippen molar-refractivity contribution in [3.8, 4) is 5.75 Å². The number of nitrogens with one attached hydrogen (secondary N) is 1. The third-order valence-corrected chi connectivity index (χ3v) is 3.42. The number of ether oxygens (including phenoxy) is 1. The number of methoxy groups -OCH3 is 1. The lowest BCUT2D eigenvalue weighted by Crippen LogP contribution is -2.35. The zero-order chi connectivity index (χ0) is 12.2. The molecule has 1 aromatic carbocycles. The predicted octanol–water partition coefficient (Wildman–Crippen LogP) is 0.321. The van der Waals surface area contributed by atoms with Crippen LogP contribution < -0.4 is 15.2 Å². The molecule has 3 N–H and O–H groups in total. The van der Waals surface area contributed by atoms with E-state index in [1.807, 2.05) is 0 Å². The van der Waals surface area contributed by atoms with E-state index in [0.717, 1.165) is 0 Å². The molecule has 90 valence electrons. The smallest absolute Gasteiger partial charge is 0.244 e. The van der Waals surface area contributed by atoms with E-state index in [0.29, 0.717) is 5.75 Å². The van der Waals surface area contributed by atoms with Crippen LogP contribution in [0.4, 0.5) is 0 Å². The summed E-state index contributed by atoms with van der Waals surface area (Å²) in [6.07, 6.45) is 0. The first-order chi connectivity index (χ1) is 7.47. The van der Waals surface area contributed by atoms with Gasteiger partial charge in [0.25, 0.3) is 0 Å². The lowest BCUT2D eigenvalue weighted by atomic mass is 10.3. The van der Waals surface area contributed by atoms with Crippen LogP contribution in [0.2, 0.25) is 0 Å². The molecule has 5 nitrogen and oxygen atoms in total. The number of rotatable bonds is 5. The standard InChI is InChI=1S/C10H16N2O3S/c1-8(11)7-12-16(13,14)10-6-4-3-5-9(10)15-2/h3-6,8,12H,7,11H2,1-2H3/t8-/m1/s1. The average molecular weight is 244 g/mol. The van der Waals surface area contributed by atoms with Crippen LogP contribution in [0, 0.1) is 0 Å². The van der Waals surface area contributed by atoms with E-state index in [2.05, 4.69) is 4.72 Å². The van der Waals surface area contributed by atoms with Gasteiger partial charge < -0.3 is 10.5 Å². The second kappa shape index (κ2) is 5.29. The average Bonchev–Trinajstić information content (AvgIpc) is 2.26. The second-order valence-electron chi connectivity index (χ2n) is 3.48. The Hall–Kier alpha value is -1.11. The van der Waals surface area contributed by atoms with Gasteiger partial charge in [-0.25, -0.2) is 13.1 Å². The van der Waals surface area contributed by atoms with E-state index in [1.165, 1.54) is 13.2 Å². The SMILES string of the molecule is COc1ccccc1S(=O)(=O)NC[C@@H](C)N. The van der Waals surface area contributed by atoms with Gasteiger partial charge in [-0.05, 0) is 19.1 Å². The number of hydrogen-bond acceptors (Lipinski definition) is 4. The van der Waals surface area contributed by atoms with Gasteiger partial charge in [-0.1, -0.05) is 12.1 Å². The van der Waals surface area contributed by atoms with Crippen molar-refractivity contribution >= 4 is 10.0 Å². The summed E-state index contributed by atoms with van der Waals surface area (Å²) in [7, 11) is -2.12. The molecule has 16 heavy (non-hydrogen) atoms. The van der Waals surface area contributed by atoms with Crippen LogP contribution >= 0.6 is 0 Å². The van der Waals surface area contributed by atoms with Crippen molar-refractivity contribution < 1.29 is 13.2 Å². The summed E-state index contributed by atoms with van der Waals surface area (Å²) in [5, 5.41) is 0. The molecule has 6 heteroatoms. The van der Waals surface area contributed by atoms with Gasteiger partial charge in [0.05, 0.1) is 7.11 Å². The Balaban J connectivity index is 2.98. The molecule has 0 heterocycles. The maximum absolute atomic E-state index is 11.9. The molecular formula is C10H16N2O3S. The largest absolute Gasteiger partial charge is 0.495 e. The van der Waals surface area contributed by atoms with Crippen molar-refractivity contribution in [1.82, 2.24) is 4.72 Å². The summed E-state index contributed by atoms with van der Waals surface area (Å²) in [5.41, 5.74) is 5.49. The zero-order valence-corrected chi connectivity index (χ0v) is 10.1. The van der Waals surface area contributed by atoms with Gasteiger partial charge in [0, 0.05) is 12.6 Å². The van der Waals surface area contributed by atoms with Gasteiger partial charge in [0.1, 0.15) is 10.6 Å². The van der Waals surface area contributed by atoms with Gasteiger partial charge in [-0.15, -0.1) is 0 Å². The molecule has 1 aromatic rings. The molecule has 1 rings (SSSR count). The Morgan fingerprint density at radius 1 is 1.44 bits per heavy atom. The number of benzene rings is 1. The van der Waals surface area contributed by atoms with Crippen LogP contribution in [0.15, 0.2) is 29.2 Å². The minimum atomic E-state index is -3.55. The van der Waals surface area contributed by atoms with Gasteiger partial charge in [-0.2, -0.15) is 0 Å². The molecule has 0 amide bonds. The molecule has 0 aliphatic rings. The topological polar surface area (TPSA) is 81.4 Å². The molecule has 0 aliphatic heterocycles. The Morgan fingerprint density at radius 3 is 2.62 bits per heavy atom. The minimum Gasteiger partial charge on any atom is -0.495 e. The van der Waals surface area contributed by atoms with E-state index >= 15 is 0 Å². The fourth-order valence-electron chi connectivity index (χ4n) is 1.16. The highest BCUT2D eigenvalue weighted by atomic mass is 32.2. The van der Waals surface area contributed by atoms with Crippen molar-refractivity contribution in [2.45, 2.75) is 17.9 Å². The highest BCUT2D eigenvalue weighted by Gasteiger charge is 2.18. The van der Waals surface area contributed by atoms with Crippen LogP contribution in [-0.4, -0.2) is 28.1 Å².